The molecule has 1 aromatic heterocycles. The summed E-state index contributed by atoms with van der Waals surface area (Å²) in [6.45, 7) is 1.88. The summed E-state index contributed by atoms with van der Waals surface area (Å²) in [5.74, 6) is 1.64. The molecule has 4 rings (SSSR count). The van der Waals surface area contributed by atoms with E-state index in [1.54, 1.807) is 20.4 Å². The maximum absolute atomic E-state index is 11.7. The average Bonchev–Trinajstić information content (AvgIpc) is 3.48. The van der Waals surface area contributed by atoms with E-state index in [0.29, 0.717) is 6.42 Å². The highest BCUT2D eigenvalue weighted by atomic mass is 16.5. The largest absolute Gasteiger partial charge is 0.497 e. The molecule has 2 aromatic carbocycles. The lowest BCUT2D eigenvalue weighted by atomic mass is 10.0. The van der Waals surface area contributed by atoms with Crippen LogP contribution in [0.3, 0.4) is 0 Å². The molecule has 0 spiro atoms. The second-order valence-electron chi connectivity index (χ2n) is 7.79. The normalized spacial score (nSPS) is 18.0. The van der Waals surface area contributed by atoms with Gasteiger partial charge in [0, 0.05) is 29.7 Å². The molecule has 1 saturated carbocycles. The molecule has 1 fully saturated rings. The zero-order chi connectivity index (χ0) is 21.8. The minimum Gasteiger partial charge on any atom is -0.497 e. The fraction of sp³-hybridized carbons (Fsp3) is 0.375. The molecule has 7 heteroatoms. The third-order valence-corrected chi connectivity index (χ3v) is 5.91. The number of rotatable bonds is 7. The van der Waals surface area contributed by atoms with Gasteiger partial charge in [-0.2, -0.15) is 0 Å². The van der Waals surface area contributed by atoms with Gasteiger partial charge in [0.25, 0.3) is 0 Å². The second-order valence-corrected chi connectivity index (χ2v) is 7.79. The molecule has 7 nitrogen and oxygen atoms in total. The minimum atomic E-state index is 0.106. The van der Waals surface area contributed by atoms with Gasteiger partial charge in [-0.25, -0.2) is 4.68 Å². The van der Waals surface area contributed by atoms with Gasteiger partial charge in [-0.3, -0.25) is 4.79 Å². The molecule has 1 N–H and O–H groups in total. The maximum Gasteiger partial charge on any atom is 0.219 e. The molecule has 1 heterocycles. The van der Waals surface area contributed by atoms with E-state index in [2.05, 4.69) is 39.9 Å². The Labute approximate surface area is 182 Å². The van der Waals surface area contributed by atoms with Crippen molar-refractivity contribution in [3.63, 3.8) is 0 Å². The highest BCUT2D eigenvalue weighted by Crippen LogP contribution is 2.36. The van der Waals surface area contributed by atoms with E-state index >= 15 is 0 Å². The zero-order valence-electron chi connectivity index (χ0n) is 18.2. The summed E-state index contributed by atoms with van der Waals surface area (Å²) >= 11 is 0. The van der Waals surface area contributed by atoms with Gasteiger partial charge >= 0.3 is 0 Å². The van der Waals surface area contributed by atoms with Crippen LogP contribution in [0.4, 0.5) is 0 Å². The number of methoxy groups -OCH3 is 2. The van der Waals surface area contributed by atoms with Gasteiger partial charge in [0.05, 0.1) is 32.2 Å². The predicted octanol–water partition coefficient (Wildman–Crippen LogP) is 4.25. The van der Waals surface area contributed by atoms with Crippen molar-refractivity contribution in [2.45, 2.75) is 44.7 Å². The minimum absolute atomic E-state index is 0.106. The summed E-state index contributed by atoms with van der Waals surface area (Å²) in [4.78, 5) is 11.7. The first kappa shape index (κ1) is 20.9. The van der Waals surface area contributed by atoms with Crippen molar-refractivity contribution in [2.75, 3.05) is 14.2 Å². The Hall–Kier alpha value is -3.35. The van der Waals surface area contributed by atoms with Crippen LogP contribution in [0, 0.1) is 0 Å². The van der Waals surface area contributed by atoms with Crippen molar-refractivity contribution < 1.29 is 14.3 Å². The van der Waals surface area contributed by atoms with Crippen LogP contribution in [0.25, 0.3) is 22.4 Å². The van der Waals surface area contributed by atoms with Crippen molar-refractivity contribution in [3.05, 3.63) is 48.7 Å². The molecule has 0 bridgehead atoms. The topological polar surface area (TPSA) is 78.3 Å². The Bertz CT molecular complexity index is 1050. The molecule has 0 radical (unpaired) electrons. The van der Waals surface area contributed by atoms with Crippen molar-refractivity contribution in [1.82, 2.24) is 20.3 Å². The van der Waals surface area contributed by atoms with E-state index in [1.165, 1.54) is 0 Å². The number of nitrogens with one attached hydrogen (secondary N) is 1. The number of hydrogen-bond acceptors (Lipinski definition) is 5. The Balaban J connectivity index is 1.54. The molecule has 2 atom stereocenters. The van der Waals surface area contributed by atoms with Crippen LogP contribution in [0.15, 0.2) is 48.7 Å². The summed E-state index contributed by atoms with van der Waals surface area (Å²) in [5.41, 5.74) is 4.11. The lowest BCUT2D eigenvalue weighted by Crippen LogP contribution is -2.32. The van der Waals surface area contributed by atoms with Crippen LogP contribution in [-0.4, -0.2) is 41.2 Å². The molecule has 31 heavy (non-hydrogen) atoms. The molecule has 0 unspecified atom stereocenters. The zero-order valence-corrected chi connectivity index (χ0v) is 18.2. The van der Waals surface area contributed by atoms with Crippen molar-refractivity contribution >= 4 is 5.91 Å². The van der Waals surface area contributed by atoms with E-state index in [-0.39, 0.29) is 18.0 Å². The second kappa shape index (κ2) is 9.20. The maximum atomic E-state index is 11.7. The third kappa shape index (κ3) is 4.40. The summed E-state index contributed by atoms with van der Waals surface area (Å²) in [7, 11) is 3.30. The summed E-state index contributed by atoms with van der Waals surface area (Å²) in [6.07, 6.45) is 5.14. The predicted molar refractivity (Wildman–Crippen MR) is 119 cm³/mol. The lowest BCUT2D eigenvalue weighted by Gasteiger charge is -2.15. The molecule has 162 valence electrons. The number of ether oxygens (including phenoxy) is 2. The Morgan fingerprint density at radius 3 is 2.58 bits per heavy atom. The quantitative estimate of drug-likeness (QED) is 0.618. The standard InChI is InChI=1S/C24H28N4O3/c1-4-24(29)26-18-9-10-19(13-18)28-22(15-25-27-28)17-7-5-16(6-8-17)21-12-11-20(30-2)14-23(21)31-3/h5-8,11-12,14-15,18-19H,4,9-10,13H2,1-3H3,(H,26,29)/t18-,19+/m0/s1. The van der Waals surface area contributed by atoms with Crippen molar-refractivity contribution in [1.29, 1.82) is 0 Å². The summed E-state index contributed by atoms with van der Waals surface area (Å²) in [6, 6.07) is 14.6. The van der Waals surface area contributed by atoms with Gasteiger partial charge in [-0.05, 0) is 37.0 Å². The van der Waals surface area contributed by atoms with Gasteiger partial charge in [0.2, 0.25) is 5.91 Å². The van der Waals surface area contributed by atoms with Crippen LogP contribution < -0.4 is 14.8 Å². The third-order valence-electron chi connectivity index (χ3n) is 5.91. The molecule has 1 aliphatic rings. The summed E-state index contributed by atoms with van der Waals surface area (Å²) < 4.78 is 12.8. The number of aromatic nitrogens is 3. The number of amides is 1. The van der Waals surface area contributed by atoms with Gasteiger partial charge in [-0.15, -0.1) is 5.10 Å². The van der Waals surface area contributed by atoms with E-state index < -0.39 is 0 Å². The van der Waals surface area contributed by atoms with E-state index in [4.69, 9.17) is 9.47 Å². The Kier molecular flexibility index (Phi) is 6.21. The number of nitrogens with zero attached hydrogens (tertiary/aromatic N) is 3. The molecule has 1 amide bonds. The highest BCUT2D eigenvalue weighted by Gasteiger charge is 2.29. The van der Waals surface area contributed by atoms with Crippen LogP contribution in [0.2, 0.25) is 0 Å². The fourth-order valence-electron chi connectivity index (χ4n) is 4.22. The first-order valence-corrected chi connectivity index (χ1v) is 10.6. The number of benzene rings is 2. The molecule has 3 aromatic rings. The van der Waals surface area contributed by atoms with E-state index in [1.807, 2.05) is 29.8 Å². The van der Waals surface area contributed by atoms with E-state index in [0.717, 1.165) is 53.1 Å². The van der Waals surface area contributed by atoms with Gasteiger partial charge < -0.3 is 14.8 Å². The summed E-state index contributed by atoms with van der Waals surface area (Å²) in [5, 5.41) is 11.6. The average molecular weight is 421 g/mol. The molecular formula is C24H28N4O3. The Morgan fingerprint density at radius 1 is 1.10 bits per heavy atom. The monoisotopic (exact) mass is 420 g/mol. The van der Waals surface area contributed by atoms with Crippen LogP contribution in [0.5, 0.6) is 11.5 Å². The van der Waals surface area contributed by atoms with E-state index in [9.17, 15) is 4.79 Å². The molecule has 1 aliphatic carbocycles. The molecular weight excluding hydrogens is 392 g/mol. The van der Waals surface area contributed by atoms with Crippen LogP contribution >= 0.6 is 0 Å². The SMILES string of the molecule is CCC(=O)N[C@H]1CC[C@@H](n2nncc2-c2ccc(-c3ccc(OC)cc3OC)cc2)C1. The van der Waals surface area contributed by atoms with Gasteiger partial charge in [-0.1, -0.05) is 36.4 Å². The number of carbonyl (C=O) groups is 1. The first-order valence-electron chi connectivity index (χ1n) is 10.6. The lowest BCUT2D eigenvalue weighted by molar-refractivity contribution is -0.121. The van der Waals surface area contributed by atoms with Crippen molar-refractivity contribution in [3.8, 4) is 33.9 Å². The molecule has 0 saturated heterocycles. The van der Waals surface area contributed by atoms with Crippen molar-refractivity contribution in [2.24, 2.45) is 0 Å². The van der Waals surface area contributed by atoms with Crippen LogP contribution in [0.1, 0.15) is 38.6 Å². The first-order chi connectivity index (χ1) is 15.1. The van der Waals surface area contributed by atoms with Gasteiger partial charge in [0.15, 0.2) is 0 Å². The number of hydrogen-bond donors (Lipinski definition) is 1. The Morgan fingerprint density at radius 2 is 1.87 bits per heavy atom. The highest BCUT2D eigenvalue weighted by molar-refractivity contribution is 5.76. The smallest absolute Gasteiger partial charge is 0.219 e. The van der Waals surface area contributed by atoms with Crippen LogP contribution in [-0.2, 0) is 4.79 Å². The molecule has 0 aliphatic heterocycles. The van der Waals surface area contributed by atoms with Gasteiger partial charge in [0.1, 0.15) is 11.5 Å². The fourth-order valence-corrected chi connectivity index (χ4v) is 4.22. The number of carbonyl (C=O) groups excluding carboxylic acids is 1.